The summed E-state index contributed by atoms with van der Waals surface area (Å²) in [5.41, 5.74) is 1.50. The number of furan rings is 1. The molecule has 0 bridgehead atoms. The third-order valence-corrected chi connectivity index (χ3v) is 5.38. The third-order valence-electron chi connectivity index (χ3n) is 5.38. The summed E-state index contributed by atoms with van der Waals surface area (Å²) in [5, 5.41) is 10.6. The number of ether oxygens (including phenoxy) is 2. The van der Waals surface area contributed by atoms with Crippen LogP contribution in [0.5, 0.6) is 11.5 Å². The third kappa shape index (κ3) is 3.82. The van der Waals surface area contributed by atoms with Gasteiger partial charge in [-0.2, -0.15) is 0 Å². The molecule has 1 aliphatic rings. The minimum atomic E-state index is -0.783. The average molecular weight is 434 g/mol. The lowest BCUT2D eigenvalue weighted by Gasteiger charge is -2.26. The number of aliphatic hydroxyl groups excluding tert-OH is 1. The predicted molar refractivity (Wildman–Crippen MR) is 115 cm³/mol. The Morgan fingerprint density at radius 3 is 2.62 bits per heavy atom. The zero-order valence-electron chi connectivity index (χ0n) is 17.6. The molecule has 0 unspecified atom stereocenters. The second-order valence-electron chi connectivity index (χ2n) is 7.20. The summed E-state index contributed by atoms with van der Waals surface area (Å²) in [6, 6.07) is 11.3. The van der Waals surface area contributed by atoms with Crippen LogP contribution in [0.15, 0.2) is 76.9 Å². The van der Waals surface area contributed by atoms with Crippen molar-refractivity contribution >= 4 is 11.7 Å². The van der Waals surface area contributed by atoms with Crippen molar-refractivity contribution in [3.8, 4) is 11.5 Å². The molecule has 0 saturated heterocycles. The van der Waals surface area contributed by atoms with E-state index in [2.05, 4.69) is 4.98 Å². The van der Waals surface area contributed by atoms with Gasteiger partial charge in [-0.3, -0.25) is 14.6 Å². The van der Waals surface area contributed by atoms with Crippen LogP contribution < -0.4 is 9.47 Å². The molecule has 0 saturated carbocycles. The molecule has 8 nitrogen and oxygen atoms in total. The van der Waals surface area contributed by atoms with Crippen molar-refractivity contribution in [2.45, 2.75) is 12.5 Å². The number of hydrogen-bond acceptors (Lipinski definition) is 7. The molecule has 3 heterocycles. The molecule has 0 fully saturated rings. The Bertz CT molecular complexity index is 1150. The Balaban J connectivity index is 1.66. The normalized spacial score (nSPS) is 15.9. The lowest BCUT2D eigenvalue weighted by Crippen LogP contribution is -2.33. The van der Waals surface area contributed by atoms with Gasteiger partial charge in [0.15, 0.2) is 23.0 Å². The zero-order valence-corrected chi connectivity index (χ0v) is 17.6. The molecule has 0 aliphatic carbocycles. The van der Waals surface area contributed by atoms with Crippen molar-refractivity contribution in [2.24, 2.45) is 0 Å². The number of nitrogens with zero attached hydrogens (tertiary/aromatic N) is 2. The van der Waals surface area contributed by atoms with Crippen LogP contribution in [0.3, 0.4) is 0 Å². The monoisotopic (exact) mass is 434 g/mol. The Kier molecular flexibility index (Phi) is 5.93. The van der Waals surface area contributed by atoms with Crippen LogP contribution in [-0.4, -0.2) is 47.4 Å². The van der Waals surface area contributed by atoms with E-state index in [1.807, 2.05) is 12.1 Å². The van der Waals surface area contributed by atoms with E-state index < -0.39 is 23.5 Å². The first-order valence-electron chi connectivity index (χ1n) is 9.98. The second kappa shape index (κ2) is 8.97. The largest absolute Gasteiger partial charge is 0.503 e. The molecule has 4 rings (SSSR count). The van der Waals surface area contributed by atoms with Crippen LogP contribution in [0.25, 0.3) is 0 Å². The topological polar surface area (TPSA) is 102 Å². The molecule has 1 aliphatic heterocycles. The maximum absolute atomic E-state index is 13.1. The number of rotatable bonds is 8. The molecule has 0 spiro atoms. The van der Waals surface area contributed by atoms with Crippen LogP contribution >= 0.6 is 0 Å². The van der Waals surface area contributed by atoms with Crippen LogP contribution in [0, 0.1) is 0 Å². The van der Waals surface area contributed by atoms with Gasteiger partial charge in [-0.25, -0.2) is 0 Å². The Morgan fingerprint density at radius 2 is 1.97 bits per heavy atom. The first-order chi connectivity index (χ1) is 15.5. The molecule has 2 aromatic heterocycles. The number of aromatic nitrogens is 1. The van der Waals surface area contributed by atoms with Gasteiger partial charge in [0, 0.05) is 18.9 Å². The summed E-state index contributed by atoms with van der Waals surface area (Å²) < 4.78 is 15.8. The molecule has 3 aromatic rings. The quantitative estimate of drug-likeness (QED) is 0.541. The second-order valence-corrected chi connectivity index (χ2v) is 7.20. The predicted octanol–water partition coefficient (Wildman–Crippen LogP) is 3.51. The Hall–Kier alpha value is -4.07. The minimum Gasteiger partial charge on any atom is -0.503 e. The number of benzene rings is 1. The number of carbonyl (C=O) groups excluding carboxylic acids is 2. The van der Waals surface area contributed by atoms with E-state index in [9.17, 15) is 14.7 Å². The van der Waals surface area contributed by atoms with Crippen molar-refractivity contribution < 1.29 is 28.6 Å². The van der Waals surface area contributed by atoms with Gasteiger partial charge in [-0.1, -0.05) is 12.1 Å². The van der Waals surface area contributed by atoms with Crippen LogP contribution in [0.4, 0.5) is 0 Å². The molecule has 1 atom stereocenters. The van der Waals surface area contributed by atoms with Gasteiger partial charge in [0.25, 0.3) is 5.91 Å². The maximum Gasteiger partial charge on any atom is 0.290 e. The van der Waals surface area contributed by atoms with Crippen molar-refractivity contribution in [3.05, 3.63) is 89.3 Å². The highest BCUT2D eigenvalue weighted by atomic mass is 16.5. The van der Waals surface area contributed by atoms with Gasteiger partial charge in [0.2, 0.25) is 5.78 Å². The Morgan fingerprint density at radius 1 is 1.16 bits per heavy atom. The Labute approximate surface area is 184 Å². The lowest BCUT2D eigenvalue weighted by molar-refractivity contribution is -0.129. The van der Waals surface area contributed by atoms with Crippen LogP contribution in [0.2, 0.25) is 0 Å². The summed E-state index contributed by atoms with van der Waals surface area (Å²) in [7, 11) is 3.11. The fourth-order valence-corrected chi connectivity index (χ4v) is 3.83. The highest BCUT2D eigenvalue weighted by Gasteiger charge is 2.44. The van der Waals surface area contributed by atoms with Gasteiger partial charge in [0.1, 0.15) is 0 Å². The SMILES string of the molecule is COc1ccc(CCN2C(=O)C(O)=C(C(=O)c3ccco3)[C@@H]2c2cccnc2)cc1OC. The van der Waals surface area contributed by atoms with E-state index in [0.29, 0.717) is 23.5 Å². The first-order valence-corrected chi connectivity index (χ1v) is 9.98. The van der Waals surface area contributed by atoms with Crippen molar-refractivity contribution in [3.63, 3.8) is 0 Å². The van der Waals surface area contributed by atoms with Gasteiger partial charge in [-0.05, 0) is 47.9 Å². The highest BCUT2D eigenvalue weighted by Crippen LogP contribution is 2.39. The van der Waals surface area contributed by atoms with Gasteiger partial charge in [-0.15, -0.1) is 0 Å². The molecule has 8 heteroatoms. The van der Waals surface area contributed by atoms with E-state index in [1.54, 1.807) is 50.9 Å². The van der Waals surface area contributed by atoms with Crippen molar-refractivity contribution in [2.75, 3.05) is 20.8 Å². The van der Waals surface area contributed by atoms with E-state index in [4.69, 9.17) is 13.9 Å². The summed E-state index contributed by atoms with van der Waals surface area (Å²) in [4.78, 5) is 31.7. The van der Waals surface area contributed by atoms with Crippen LogP contribution in [0.1, 0.15) is 27.7 Å². The standard InChI is InChI=1S/C24H22N2O6/c1-30-17-8-7-15(13-19(17)31-2)9-11-26-21(16-5-3-10-25-14-16)20(23(28)24(26)29)22(27)18-6-4-12-32-18/h3-8,10,12-14,21,28H,9,11H2,1-2H3/t21-/m0/s1. The van der Waals surface area contributed by atoms with Gasteiger partial charge >= 0.3 is 0 Å². The number of pyridine rings is 1. The number of ketones is 1. The molecule has 0 radical (unpaired) electrons. The summed E-state index contributed by atoms with van der Waals surface area (Å²) in [6.45, 7) is 0.257. The zero-order chi connectivity index (χ0) is 22.7. The van der Waals surface area contributed by atoms with Crippen molar-refractivity contribution in [1.29, 1.82) is 0 Å². The number of aliphatic hydroxyl groups is 1. The van der Waals surface area contributed by atoms with Gasteiger partial charge in [0.05, 0.1) is 32.1 Å². The molecule has 1 amide bonds. The number of amides is 1. The fraction of sp³-hybridized carbons (Fsp3) is 0.208. The molecule has 164 valence electrons. The summed E-state index contributed by atoms with van der Waals surface area (Å²) in [6.07, 6.45) is 5.02. The highest BCUT2D eigenvalue weighted by molar-refractivity contribution is 6.15. The summed E-state index contributed by atoms with van der Waals surface area (Å²) >= 11 is 0. The first kappa shape index (κ1) is 21.2. The molecular formula is C24H22N2O6. The summed E-state index contributed by atoms with van der Waals surface area (Å²) in [5.74, 6) is -0.497. The number of methoxy groups -OCH3 is 2. The molecule has 1 N–H and O–H groups in total. The van der Waals surface area contributed by atoms with Gasteiger partial charge < -0.3 is 23.9 Å². The van der Waals surface area contributed by atoms with E-state index in [1.165, 1.54) is 17.2 Å². The minimum absolute atomic E-state index is 0.0229. The molecule has 32 heavy (non-hydrogen) atoms. The van der Waals surface area contributed by atoms with Crippen LogP contribution in [-0.2, 0) is 11.2 Å². The smallest absolute Gasteiger partial charge is 0.290 e. The van der Waals surface area contributed by atoms with Crippen molar-refractivity contribution in [1.82, 2.24) is 9.88 Å². The fourth-order valence-electron chi connectivity index (χ4n) is 3.83. The number of Topliss-reactive ketones (excluding diaryl/α,β-unsaturated/α-hetero) is 1. The van der Waals surface area contributed by atoms with E-state index in [0.717, 1.165) is 5.56 Å². The van der Waals surface area contributed by atoms with E-state index in [-0.39, 0.29) is 17.9 Å². The van der Waals surface area contributed by atoms with E-state index >= 15 is 0 Å². The average Bonchev–Trinajstić information content (AvgIpc) is 3.45. The molecule has 1 aromatic carbocycles. The maximum atomic E-state index is 13.1. The number of carbonyl (C=O) groups is 2. The lowest BCUT2D eigenvalue weighted by atomic mass is 9.96. The molecular weight excluding hydrogens is 412 g/mol. The number of hydrogen-bond donors (Lipinski definition) is 1.